The number of hydrogen-bond acceptors (Lipinski definition) is 5. The van der Waals surface area contributed by atoms with E-state index in [1.165, 1.54) is 20.0 Å². The van der Waals surface area contributed by atoms with Crippen LogP contribution in [0, 0.1) is 11.3 Å². The predicted molar refractivity (Wildman–Crippen MR) is 75.0 cm³/mol. The maximum Gasteiger partial charge on any atom is 0.321 e. The van der Waals surface area contributed by atoms with Gasteiger partial charge < -0.3 is 14.8 Å². The van der Waals surface area contributed by atoms with Gasteiger partial charge in [-0.15, -0.1) is 0 Å². The van der Waals surface area contributed by atoms with Crippen molar-refractivity contribution in [3.63, 3.8) is 0 Å². The van der Waals surface area contributed by atoms with E-state index in [4.69, 9.17) is 14.7 Å². The molecule has 0 fully saturated rings. The van der Waals surface area contributed by atoms with Crippen molar-refractivity contribution in [1.82, 2.24) is 10.6 Å². The van der Waals surface area contributed by atoms with Crippen molar-refractivity contribution in [2.75, 3.05) is 13.7 Å². The number of rotatable bonds is 5. The Morgan fingerprint density at radius 1 is 1.38 bits per heavy atom. The number of urea groups is 1. The third-order valence-corrected chi connectivity index (χ3v) is 2.51. The van der Waals surface area contributed by atoms with Crippen LogP contribution in [0.3, 0.4) is 0 Å². The number of amides is 3. The summed E-state index contributed by atoms with van der Waals surface area (Å²) in [7, 11) is 1.40. The van der Waals surface area contributed by atoms with Crippen LogP contribution in [-0.4, -0.2) is 31.7 Å². The second kappa shape index (κ2) is 7.75. The van der Waals surface area contributed by atoms with E-state index in [-0.39, 0.29) is 0 Å². The summed E-state index contributed by atoms with van der Waals surface area (Å²) in [6.07, 6.45) is -0.894. The van der Waals surface area contributed by atoms with Crippen LogP contribution in [0.25, 0.3) is 0 Å². The van der Waals surface area contributed by atoms with Crippen LogP contribution in [0.2, 0.25) is 0 Å². The molecule has 1 atom stereocenters. The van der Waals surface area contributed by atoms with Gasteiger partial charge in [-0.3, -0.25) is 10.1 Å². The van der Waals surface area contributed by atoms with Crippen molar-refractivity contribution < 1.29 is 19.1 Å². The van der Waals surface area contributed by atoms with E-state index in [0.29, 0.717) is 23.7 Å². The Bertz CT molecular complexity index is 566. The second-order valence-corrected chi connectivity index (χ2v) is 4.03. The summed E-state index contributed by atoms with van der Waals surface area (Å²) in [6, 6.07) is 6.02. The molecule has 0 unspecified atom stereocenters. The average molecular weight is 291 g/mol. The van der Waals surface area contributed by atoms with Crippen molar-refractivity contribution in [1.29, 1.82) is 5.26 Å². The lowest BCUT2D eigenvalue weighted by Crippen LogP contribution is -2.44. The number of nitrogens with one attached hydrogen (secondary N) is 2. The molecular formula is C14H17N3O4. The van der Waals surface area contributed by atoms with Crippen molar-refractivity contribution in [2.24, 2.45) is 0 Å². The topological polar surface area (TPSA) is 100 Å². The zero-order chi connectivity index (χ0) is 15.8. The normalized spacial score (nSPS) is 11.0. The lowest BCUT2D eigenvalue weighted by molar-refractivity contribution is -0.126. The van der Waals surface area contributed by atoms with Gasteiger partial charge in [-0.2, -0.15) is 5.26 Å². The molecule has 0 bridgehead atoms. The molecule has 0 spiro atoms. The van der Waals surface area contributed by atoms with E-state index in [1.807, 2.05) is 6.07 Å². The van der Waals surface area contributed by atoms with Crippen LogP contribution >= 0.6 is 0 Å². The Hall–Kier alpha value is -2.75. The van der Waals surface area contributed by atoms with Crippen molar-refractivity contribution in [3.05, 3.63) is 23.8 Å². The van der Waals surface area contributed by atoms with E-state index in [1.54, 1.807) is 19.1 Å². The van der Waals surface area contributed by atoms with Crippen molar-refractivity contribution >= 4 is 11.9 Å². The largest absolute Gasteiger partial charge is 0.490 e. The highest BCUT2D eigenvalue weighted by molar-refractivity contribution is 5.96. The Labute approximate surface area is 122 Å². The number of benzene rings is 1. The molecule has 1 aromatic rings. The maximum absolute atomic E-state index is 11.7. The van der Waals surface area contributed by atoms with Crippen molar-refractivity contribution in [2.45, 2.75) is 20.0 Å². The number of ether oxygens (including phenoxy) is 2. The van der Waals surface area contributed by atoms with Crippen LogP contribution in [0.1, 0.15) is 19.4 Å². The SMILES string of the molecule is CCOc1cc(C#N)ccc1O[C@H](C)C(=O)NC(=O)NC. The Morgan fingerprint density at radius 3 is 2.67 bits per heavy atom. The van der Waals surface area contributed by atoms with Gasteiger partial charge in [0.25, 0.3) is 5.91 Å². The third-order valence-electron chi connectivity index (χ3n) is 2.51. The number of imide groups is 1. The van der Waals surface area contributed by atoms with Gasteiger partial charge in [-0.05, 0) is 26.0 Å². The highest BCUT2D eigenvalue weighted by Crippen LogP contribution is 2.29. The van der Waals surface area contributed by atoms with Crippen LogP contribution in [0.15, 0.2) is 18.2 Å². The summed E-state index contributed by atoms with van der Waals surface area (Å²) >= 11 is 0. The highest BCUT2D eigenvalue weighted by atomic mass is 16.5. The summed E-state index contributed by atoms with van der Waals surface area (Å²) in [5, 5.41) is 13.3. The zero-order valence-electron chi connectivity index (χ0n) is 12.1. The molecule has 3 amide bonds. The maximum atomic E-state index is 11.7. The van der Waals surface area contributed by atoms with Gasteiger partial charge in [0, 0.05) is 13.1 Å². The molecule has 0 aliphatic carbocycles. The molecule has 0 aliphatic rings. The summed E-state index contributed by atoms with van der Waals surface area (Å²) < 4.78 is 10.9. The third kappa shape index (κ3) is 4.69. The number of nitrogens with zero attached hydrogens (tertiary/aromatic N) is 1. The first kappa shape index (κ1) is 16.3. The molecule has 0 aliphatic heterocycles. The molecule has 0 saturated carbocycles. The smallest absolute Gasteiger partial charge is 0.321 e. The lowest BCUT2D eigenvalue weighted by atomic mass is 10.2. The first-order valence-corrected chi connectivity index (χ1v) is 6.38. The molecule has 7 heteroatoms. The van der Waals surface area contributed by atoms with Crippen LogP contribution in [0.5, 0.6) is 11.5 Å². The van der Waals surface area contributed by atoms with Gasteiger partial charge in [0.1, 0.15) is 0 Å². The summed E-state index contributed by atoms with van der Waals surface area (Å²) in [5.74, 6) is 0.118. The van der Waals surface area contributed by atoms with Gasteiger partial charge in [0.15, 0.2) is 17.6 Å². The monoisotopic (exact) mass is 291 g/mol. The molecule has 2 N–H and O–H groups in total. The summed E-state index contributed by atoms with van der Waals surface area (Å²) in [4.78, 5) is 22.8. The van der Waals surface area contributed by atoms with Crippen LogP contribution < -0.4 is 20.1 Å². The van der Waals surface area contributed by atoms with E-state index in [9.17, 15) is 9.59 Å². The molecule has 0 saturated heterocycles. The van der Waals surface area contributed by atoms with Gasteiger partial charge in [0.2, 0.25) is 0 Å². The molecule has 0 heterocycles. The van der Waals surface area contributed by atoms with E-state index in [2.05, 4.69) is 10.6 Å². The Balaban J connectivity index is 2.84. The fourth-order valence-corrected chi connectivity index (χ4v) is 1.46. The molecule has 1 rings (SSSR count). The van der Waals surface area contributed by atoms with Gasteiger partial charge in [0.05, 0.1) is 18.2 Å². The Morgan fingerprint density at radius 2 is 2.10 bits per heavy atom. The predicted octanol–water partition coefficient (Wildman–Crippen LogP) is 1.18. The molecule has 0 radical (unpaired) electrons. The van der Waals surface area contributed by atoms with E-state index < -0.39 is 18.0 Å². The quantitative estimate of drug-likeness (QED) is 0.848. The van der Waals surface area contributed by atoms with Crippen LogP contribution in [-0.2, 0) is 4.79 Å². The molecule has 21 heavy (non-hydrogen) atoms. The summed E-state index contributed by atoms with van der Waals surface area (Å²) in [5.41, 5.74) is 0.424. The molecular weight excluding hydrogens is 274 g/mol. The second-order valence-electron chi connectivity index (χ2n) is 4.03. The molecule has 7 nitrogen and oxygen atoms in total. The number of nitriles is 1. The van der Waals surface area contributed by atoms with Crippen LogP contribution in [0.4, 0.5) is 4.79 Å². The molecule has 1 aromatic carbocycles. The fraction of sp³-hybridized carbons (Fsp3) is 0.357. The zero-order valence-corrected chi connectivity index (χ0v) is 12.1. The van der Waals surface area contributed by atoms with E-state index in [0.717, 1.165) is 0 Å². The first-order valence-electron chi connectivity index (χ1n) is 6.38. The first-order chi connectivity index (χ1) is 10.0. The minimum Gasteiger partial charge on any atom is -0.490 e. The summed E-state index contributed by atoms with van der Waals surface area (Å²) in [6.45, 7) is 3.70. The Kier molecular flexibility index (Phi) is 6.01. The number of hydrogen-bond donors (Lipinski definition) is 2. The number of carbonyl (C=O) groups is 2. The standard InChI is InChI=1S/C14H17N3O4/c1-4-20-12-7-10(8-15)5-6-11(12)21-9(2)13(18)17-14(19)16-3/h5-7,9H,4H2,1-3H3,(H2,16,17,18,19)/t9-/m1/s1. The molecule has 0 aromatic heterocycles. The van der Waals surface area contributed by atoms with Gasteiger partial charge >= 0.3 is 6.03 Å². The fourth-order valence-electron chi connectivity index (χ4n) is 1.46. The van der Waals surface area contributed by atoms with Gasteiger partial charge in [-0.25, -0.2) is 4.79 Å². The number of carbonyl (C=O) groups excluding carboxylic acids is 2. The minimum absolute atomic E-state index is 0.329. The van der Waals surface area contributed by atoms with Gasteiger partial charge in [-0.1, -0.05) is 0 Å². The molecule has 112 valence electrons. The lowest BCUT2D eigenvalue weighted by Gasteiger charge is -2.16. The average Bonchev–Trinajstić information content (AvgIpc) is 2.48. The van der Waals surface area contributed by atoms with Crippen molar-refractivity contribution in [3.8, 4) is 17.6 Å². The highest BCUT2D eigenvalue weighted by Gasteiger charge is 2.19. The van der Waals surface area contributed by atoms with E-state index >= 15 is 0 Å². The minimum atomic E-state index is -0.894.